The van der Waals surface area contributed by atoms with Crippen molar-refractivity contribution in [3.63, 3.8) is 0 Å². The number of hydrogen-bond donors (Lipinski definition) is 0. The maximum atomic E-state index is 15.2. The second kappa shape index (κ2) is 9.04. The summed E-state index contributed by atoms with van der Waals surface area (Å²) in [4.78, 5) is 0. The van der Waals surface area contributed by atoms with Crippen LogP contribution in [0.1, 0.15) is 82.3 Å². The summed E-state index contributed by atoms with van der Waals surface area (Å²) in [5.74, 6) is 1.75. The van der Waals surface area contributed by atoms with Gasteiger partial charge in [0, 0.05) is 5.56 Å². The molecular formula is C27H32ClF. The van der Waals surface area contributed by atoms with Gasteiger partial charge in [-0.15, -0.1) is 0 Å². The molecule has 0 radical (unpaired) electrons. The molecule has 2 heteroatoms. The van der Waals surface area contributed by atoms with Gasteiger partial charge in [0.1, 0.15) is 5.82 Å². The first kappa shape index (κ1) is 20.7. The van der Waals surface area contributed by atoms with Gasteiger partial charge in [0.25, 0.3) is 0 Å². The van der Waals surface area contributed by atoms with Crippen molar-refractivity contribution in [3.05, 3.63) is 64.4 Å². The van der Waals surface area contributed by atoms with Crippen LogP contribution in [0.15, 0.2) is 42.5 Å². The number of allylic oxidation sites excluding steroid dienone is 2. The highest BCUT2D eigenvalue weighted by molar-refractivity contribution is 6.32. The van der Waals surface area contributed by atoms with E-state index in [2.05, 4.69) is 38.1 Å². The van der Waals surface area contributed by atoms with E-state index in [-0.39, 0.29) is 5.82 Å². The highest BCUT2D eigenvalue weighted by Gasteiger charge is 2.25. The SMILES string of the molecule is CCC1CCC(c2ccc(-c3ccc(C4=CCC(C)CC4)cc3)c(F)c2Cl)CC1. The molecule has 0 N–H and O–H groups in total. The van der Waals surface area contributed by atoms with E-state index in [1.807, 2.05) is 18.2 Å². The van der Waals surface area contributed by atoms with E-state index in [0.717, 1.165) is 48.6 Å². The molecule has 1 fully saturated rings. The molecule has 2 aliphatic carbocycles. The summed E-state index contributed by atoms with van der Waals surface area (Å²) < 4.78 is 15.2. The maximum absolute atomic E-state index is 15.2. The molecule has 154 valence electrons. The minimum atomic E-state index is -0.264. The van der Waals surface area contributed by atoms with E-state index in [9.17, 15) is 0 Å². The van der Waals surface area contributed by atoms with Gasteiger partial charge in [0.05, 0.1) is 5.02 Å². The van der Waals surface area contributed by atoms with Gasteiger partial charge in [-0.25, -0.2) is 4.39 Å². The minimum Gasteiger partial charge on any atom is -0.205 e. The molecule has 0 saturated heterocycles. The molecular weight excluding hydrogens is 379 g/mol. The van der Waals surface area contributed by atoms with Crippen molar-refractivity contribution in [2.24, 2.45) is 11.8 Å². The van der Waals surface area contributed by atoms with E-state index in [4.69, 9.17) is 11.6 Å². The number of hydrogen-bond acceptors (Lipinski definition) is 0. The monoisotopic (exact) mass is 410 g/mol. The zero-order valence-electron chi connectivity index (χ0n) is 17.7. The molecule has 1 unspecified atom stereocenters. The summed E-state index contributed by atoms with van der Waals surface area (Å²) in [7, 11) is 0. The van der Waals surface area contributed by atoms with Crippen LogP contribution in [0.5, 0.6) is 0 Å². The van der Waals surface area contributed by atoms with Gasteiger partial charge in [0.2, 0.25) is 0 Å². The van der Waals surface area contributed by atoms with E-state index in [1.165, 1.54) is 36.8 Å². The van der Waals surface area contributed by atoms with Gasteiger partial charge in [-0.3, -0.25) is 0 Å². The van der Waals surface area contributed by atoms with Crippen LogP contribution in [0.3, 0.4) is 0 Å². The Morgan fingerprint density at radius 3 is 2.24 bits per heavy atom. The Kier molecular flexibility index (Phi) is 6.44. The molecule has 0 nitrogen and oxygen atoms in total. The maximum Gasteiger partial charge on any atom is 0.149 e. The van der Waals surface area contributed by atoms with Gasteiger partial charge in [-0.2, -0.15) is 0 Å². The predicted molar refractivity (Wildman–Crippen MR) is 123 cm³/mol. The Morgan fingerprint density at radius 1 is 0.931 bits per heavy atom. The van der Waals surface area contributed by atoms with Gasteiger partial charge in [0.15, 0.2) is 0 Å². The molecule has 0 heterocycles. The average molecular weight is 411 g/mol. The molecule has 0 spiro atoms. The minimum absolute atomic E-state index is 0.264. The van der Waals surface area contributed by atoms with Crippen molar-refractivity contribution in [2.75, 3.05) is 0 Å². The lowest BCUT2D eigenvalue weighted by atomic mass is 9.77. The summed E-state index contributed by atoms with van der Waals surface area (Å²) in [6.45, 7) is 4.57. The molecule has 1 atom stereocenters. The highest BCUT2D eigenvalue weighted by Crippen LogP contribution is 2.42. The lowest BCUT2D eigenvalue weighted by molar-refractivity contribution is 0.318. The molecule has 2 aromatic carbocycles. The molecule has 29 heavy (non-hydrogen) atoms. The second-order valence-electron chi connectivity index (χ2n) is 9.14. The normalized spacial score (nSPS) is 25.0. The zero-order valence-corrected chi connectivity index (χ0v) is 18.4. The molecule has 2 aromatic rings. The predicted octanol–water partition coefficient (Wildman–Crippen LogP) is 9.03. The van der Waals surface area contributed by atoms with Crippen LogP contribution >= 0.6 is 11.6 Å². The third-order valence-corrected chi connectivity index (χ3v) is 7.60. The standard InChI is InChI=1S/C27H32ClF/c1-3-19-6-10-22(11-7-19)24-16-17-25(27(29)26(24)28)23-14-12-21(13-15-23)20-8-4-18(2)5-9-20/h8,12-19,22H,3-7,9-11H2,1-2H3. The first-order chi connectivity index (χ1) is 14.1. The summed E-state index contributed by atoms with van der Waals surface area (Å²) in [6, 6.07) is 12.3. The fourth-order valence-corrected chi connectivity index (χ4v) is 5.39. The Hall–Kier alpha value is -1.60. The molecule has 4 rings (SSSR count). The van der Waals surface area contributed by atoms with Gasteiger partial charge in [-0.05, 0) is 85.0 Å². The van der Waals surface area contributed by atoms with Crippen molar-refractivity contribution in [2.45, 2.75) is 71.1 Å². The first-order valence-electron chi connectivity index (χ1n) is 11.3. The topological polar surface area (TPSA) is 0 Å². The lowest BCUT2D eigenvalue weighted by Crippen LogP contribution is -2.13. The highest BCUT2D eigenvalue weighted by atomic mass is 35.5. The van der Waals surface area contributed by atoms with Crippen molar-refractivity contribution in [1.82, 2.24) is 0 Å². The molecule has 0 aromatic heterocycles. The third kappa shape index (κ3) is 4.45. The van der Waals surface area contributed by atoms with E-state index in [1.54, 1.807) is 0 Å². The van der Waals surface area contributed by atoms with Crippen LogP contribution in [0.4, 0.5) is 4.39 Å². The molecule has 0 amide bonds. The Labute approximate surface area is 180 Å². The summed E-state index contributed by atoms with van der Waals surface area (Å²) in [6.07, 6.45) is 11.9. The second-order valence-corrected chi connectivity index (χ2v) is 9.52. The number of benzene rings is 2. The van der Waals surface area contributed by atoms with Crippen molar-refractivity contribution >= 4 is 17.2 Å². The van der Waals surface area contributed by atoms with Crippen LogP contribution < -0.4 is 0 Å². The molecule has 0 bridgehead atoms. The molecule has 2 aliphatic rings. The van der Waals surface area contributed by atoms with E-state index >= 15 is 4.39 Å². The first-order valence-corrected chi connectivity index (χ1v) is 11.7. The average Bonchev–Trinajstić information content (AvgIpc) is 2.76. The van der Waals surface area contributed by atoms with Gasteiger partial charge >= 0.3 is 0 Å². The van der Waals surface area contributed by atoms with Crippen LogP contribution in [0.25, 0.3) is 16.7 Å². The van der Waals surface area contributed by atoms with Crippen LogP contribution in [0.2, 0.25) is 5.02 Å². The fourth-order valence-electron chi connectivity index (χ4n) is 5.08. The Balaban J connectivity index is 1.54. The third-order valence-electron chi connectivity index (χ3n) is 7.22. The largest absolute Gasteiger partial charge is 0.205 e. The molecule has 1 saturated carbocycles. The van der Waals surface area contributed by atoms with Crippen molar-refractivity contribution in [3.8, 4) is 11.1 Å². The fraction of sp³-hybridized carbons (Fsp3) is 0.481. The van der Waals surface area contributed by atoms with Crippen LogP contribution in [-0.2, 0) is 0 Å². The lowest BCUT2D eigenvalue weighted by Gasteiger charge is -2.29. The molecule has 0 aliphatic heterocycles. The number of halogens is 2. The van der Waals surface area contributed by atoms with E-state index < -0.39 is 0 Å². The van der Waals surface area contributed by atoms with Crippen LogP contribution in [0, 0.1) is 17.7 Å². The summed E-state index contributed by atoms with van der Waals surface area (Å²) in [5.41, 5.74) is 5.20. The quantitative estimate of drug-likeness (QED) is 0.471. The summed E-state index contributed by atoms with van der Waals surface area (Å²) >= 11 is 6.53. The van der Waals surface area contributed by atoms with Crippen molar-refractivity contribution in [1.29, 1.82) is 0 Å². The van der Waals surface area contributed by atoms with Crippen molar-refractivity contribution < 1.29 is 4.39 Å². The smallest absolute Gasteiger partial charge is 0.149 e. The Bertz CT molecular complexity index is 872. The summed E-state index contributed by atoms with van der Waals surface area (Å²) in [5, 5.41) is 0.329. The number of rotatable bonds is 4. The van der Waals surface area contributed by atoms with Gasteiger partial charge in [-0.1, -0.05) is 74.3 Å². The zero-order chi connectivity index (χ0) is 20.4. The Morgan fingerprint density at radius 2 is 1.62 bits per heavy atom. The van der Waals surface area contributed by atoms with Gasteiger partial charge < -0.3 is 0 Å². The van der Waals surface area contributed by atoms with E-state index in [0.29, 0.717) is 16.5 Å². The van der Waals surface area contributed by atoms with Crippen LogP contribution in [-0.4, -0.2) is 0 Å².